The van der Waals surface area contributed by atoms with Crippen molar-refractivity contribution in [3.63, 3.8) is 0 Å². The normalized spacial score (nSPS) is 11.7. The standard InChI is InChI=1S/C16H15NO4/c1-9-6-12(8-17)7-10(2)15(9)20-11(3)13-4-5-14(21-13)16(18)19/h4-7,11H,1-3H3,(H,18,19). The molecule has 21 heavy (non-hydrogen) atoms. The van der Waals surface area contributed by atoms with Crippen molar-refractivity contribution in [2.75, 3.05) is 0 Å². The van der Waals surface area contributed by atoms with Crippen LogP contribution in [0, 0.1) is 25.2 Å². The zero-order valence-electron chi connectivity index (χ0n) is 12.0. The Morgan fingerprint density at radius 3 is 2.43 bits per heavy atom. The van der Waals surface area contributed by atoms with Crippen LogP contribution in [0.5, 0.6) is 5.75 Å². The molecule has 1 unspecified atom stereocenters. The molecule has 1 aromatic carbocycles. The number of carboxylic acid groups (broad SMARTS) is 1. The average molecular weight is 285 g/mol. The molecule has 0 aliphatic heterocycles. The lowest BCUT2D eigenvalue weighted by Crippen LogP contribution is -2.05. The van der Waals surface area contributed by atoms with Gasteiger partial charge in [-0.1, -0.05) is 0 Å². The summed E-state index contributed by atoms with van der Waals surface area (Å²) >= 11 is 0. The van der Waals surface area contributed by atoms with Crippen LogP contribution in [-0.2, 0) is 0 Å². The molecule has 1 atom stereocenters. The summed E-state index contributed by atoms with van der Waals surface area (Å²) in [4.78, 5) is 10.8. The largest absolute Gasteiger partial charge is 0.482 e. The van der Waals surface area contributed by atoms with Crippen molar-refractivity contribution in [1.29, 1.82) is 5.26 Å². The van der Waals surface area contributed by atoms with Crippen LogP contribution in [0.3, 0.4) is 0 Å². The number of aromatic carboxylic acids is 1. The van der Waals surface area contributed by atoms with Crippen LogP contribution in [0.2, 0.25) is 0 Å². The Labute approximate surface area is 122 Å². The van der Waals surface area contributed by atoms with E-state index in [0.29, 0.717) is 17.1 Å². The van der Waals surface area contributed by atoms with Gasteiger partial charge < -0.3 is 14.3 Å². The molecule has 1 heterocycles. The fourth-order valence-electron chi connectivity index (χ4n) is 2.12. The summed E-state index contributed by atoms with van der Waals surface area (Å²) in [5.41, 5.74) is 2.28. The second-order valence-electron chi connectivity index (χ2n) is 4.82. The summed E-state index contributed by atoms with van der Waals surface area (Å²) in [7, 11) is 0. The van der Waals surface area contributed by atoms with Crippen LogP contribution in [0.4, 0.5) is 0 Å². The second kappa shape index (κ2) is 5.71. The molecular weight excluding hydrogens is 270 g/mol. The maximum absolute atomic E-state index is 10.8. The minimum absolute atomic E-state index is 0.117. The molecule has 5 nitrogen and oxygen atoms in total. The summed E-state index contributed by atoms with van der Waals surface area (Å²) in [6, 6.07) is 8.58. The number of furan rings is 1. The first-order chi connectivity index (χ1) is 9.92. The minimum atomic E-state index is -1.11. The fraction of sp³-hybridized carbons (Fsp3) is 0.250. The lowest BCUT2D eigenvalue weighted by Gasteiger charge is -2.17. The molecule has 0 aliphatic rings. The van der Waals surface area contributed by atoms with E-state index in [9.17, 15) is 4.79 Å². The van der Waals surface area contributed by atoms with E-state index in [0.717, 1.165) is 11.1 Å². The number of carboxylic acids is 1. The number of ether oxygens (including phenoxy) is 1. The zero-order chi connectivity index (χ0) is 15.6. The van der Waals surface area contributed by atoms with Gasteiger partial charge in [0.25, 0.3) is 0 Å². The summed E-state index contributed by atoms with van der Waals surface area (Å²) in [5, 5.41) is 17.8. The Morgan fingerprint density at radius 1 is 1.33 bits per heavy atom. The molecule has 2 aromatic rings. The molecule has 1 aromatic heterocycles. The highest BCUT2D eigenvalue weighted by Gasteiger charge is 2.17. The Balaban J connectivity index is 2.25. The smallest absolute Gasteiger partial charge is 0.371 e. The van der Waals surface area contributed by atoms with Crippen molar-refractivity contribution in [3.8, 4) is 11.8 Å². The first-order valence-corrected chi connectivity index (χ1v) is 6.43. The number of hydrogen-bond donors (Lipinski definition) is 1. The topological polar surface area (TPSA) is 83.5 Å². The Kier molecular flexibility index (Phi) is 3.99. The van der Waals surface area contributed by atoms with E-state index in [1.54, 1.807) is 25.1 Å². The molecule has 0 bridgehead atoms. The van der Waals surface area contributed by atoms with Gasteiger partial charge in [-0.25, -0.2) is 4.79 Å². The number of nitriles is 1. The summed E-state index contributed by atoms with van der Waals surface area (Å²) in [6.45, 7) is 5.50. The van der Waals surface area contributed by atoms with Crippen molar-refractivity contribution >= 4 is 5.97 Å². The van der Waals surface area contributed by atoms with Gasteiger partial charge in [0, 0.05) is 0 Å². The van der Waals surface area contributed by atoms with E-state index >= 15 is 0 Å². The predicted octanol–water partition coefficient (Wildman–Crippen LogP) is 3.61. The average Bonchev–Trinajstić information content (AvgIpc) is 2.92. The van der Waals surface area contributed by atoms with Crippen molar-refractivity contribution < 1.29 is 19.1 Å². The predicted molar refractivity (Wildman–Crippen MR) is 75.3 cm³/mol. The van der Waals surface area contributed by atoms with E-state index in [2.05, 4.69) is 6.07 Å². The van der Waals surface area contributed by atoms with Gasteiger partial charge in [0.05, 0.1) is 11.6 Å². The monoisotopic (exact) mass is 285 g/mol. The SMILES string of the molecule is Cc1cc(C#N)cc(C)c1OC(C)c1ccc(C(=O)O)o1. The van der Waals surface area contributed by atoms with Crippen LogP contribution in [0.25, 0.3) is 0 Å². The number of rotatable bonds is 4. The molecule has 0 saturated heterocycles. The van der Waals surface area contributed by atoms with Gasteiger partial charge in [-0.15, -0.1) is 0 Å². The maximum atomic E-state index is 10.8. The summed E-state index contributed by atoms with van der Waals surface area (Å²) < 4.78 is 11.1. The lowest BCUT2D eigenvalue weighted by molar-refractivity contribution is 0.0655. The van der Waals surface area contributed by atoms with E-state index in [1.165, 1.54) is 6.07 Å². The van der Waals surface area contributed by atoms with E-state index in [1.807, 2.05) is 13.8 Å². The highest BCUT2D eigenvalue weighted by molar-refractivity contribution is 5.84. The molecule has 0 radical (unpaired) electrons. The lowest BCUT2D eigenvalue weighted by atomic mass is 10.1. The van der Waals surface area contributed by atoms with Crippen LogP contribution in [0.15, 0.2) is 28.7 Å². The van der Waals surface area contributed by atoms with Crippen molar-refractivity contribution in [3.05, 3.63) is 52.5 Å². The number of hydrogen-bond acceptors (Lipinski definition) is 4. The fourth-order valence-corrected chi connectivity index (χ4v) is 2.12. The highest BCUT2D eigenvalue weighted by atomic mass is 16.5. The van der Waals surface area contributed by atoms with Crippen LogP contribution >= 0.6 is 0 Å². The van der Waals surface area contributed by atoms with Gasteiger partial charge in [0.1, 0.15) is 11.5 Å². The Hall–Kier alpha value is -2.74. The van der Waals surface area contributed by atoms with Crippen molar-refractivity contribution in [1.82, 2.24) is 0 Å². The molecule has 0 amide bonds. The van der Waals surface area contributed by atoms with E-state index in [-0.39, 0.29) is 5.76 Å². The third-order valence-electron chi connectivity index (χ3n) is 3.12. The quantitative estimate of drug-likeness (QED) is 0.927. The summed E-state index contributed by atoms with van der Waals surface area (Å²) in [5.74, 6) is -0.113. The Morgan fingerprint density at radius 2 is 1.95 bits per heavy atom. The molecule has 108 valence electrons. The van der Waals surface area contributed by atoms with Gasteiger partial charge in [0.15, 0.2) is 6.10 Å². The van der Waals surface area contributed by atoms with Gasteiger partial charge in [0.2, 0.25) is 5.76 Å². The van der Waals surface area contributed by atoms with Crippen molar-refractivity contribution in [2.45, 2.75) is 26.9 Å². The maximum Gasteiger partial charge on any atom is 0.371 e. The molecule has 0 fully saturated rings. The summed E-state index contributed by atoms with van der Waals surface area (Å²) in [6.07, 6.45) is -0.427. The third-order valence-corrected chi connectivity index (χ3v) is 3.12. The third kappa shape index (κ3) is 3.06. The van der Waals surface area contributed by atoms with Crippen LogP contribution in [0.1, 0.15) is 46.0 Å². The van der Waals surface area contributed by atoms with Gasteiger partial charge >= 0.3 is 5.97 Å². The van der Waals surface area contributed by atoms with Gasteiger partial charge in [-0.2, -0.15) is 5.26 Å². The first kappa shape index (κ1) is 14.7. The molecular formula is C16H15NO4. The number of carbonyl (C=O) groups is 1. The van der Waals surface area contributed by atoms with Crippen LogP contribution in [-0.4, -0.2) is 11.1 Å². The molecule has 1 N–H and O–H groups in total. The van der Waals surface area contributed by atoms with E-state index < -0.39 is 12.1 Å². The highest BCUT2D eigenvalue weighted by Crippen LogP contribution is 2.30. The zero-order valence-corrected chi connectivity index (χ0v) is 12.0. The number of nitrogens with zero attached hydrogens (tertiary/aromatic N) is 1. The number of benzene rings is 1. The second-order valence-corrected chi connectivity index (χ2v) is 4.82. The Bertz CT molecular complexity index is 701. The first-order valence-electron chi connectivity index (χ1n) is 6.43. The molecule has 0 spiro atoms. The van der Waals surface area contributed by atoms with Gasteiger partial charge in [-0.3, -0.25) is 0 Å². The minimum Gasteiger partial charge on any atom is -0.482 e. The molecule has 0 aliphatic carbocycles. The molecule has 0 saturated carbocycles. The van der Waals surface area contributed by atoms with Gasteiger partial charge in [-0.05, 0) is 56.2 Å². The molecule has 2 rings (SSSR count). The van der Waals surface area contributed by atoms with Crippen LogP contribution < -0.4 is 4.74 Å². The molecule has 5 heteroatoms. The van der Waals surface area contributed by atoms with E-state index in [4.69, 9.17) is 19.5 Å². The number of aryl methyl sites for hydroxylation is 2. The van der Waals surface area contributed by atoms with Crippen molar-refractivity contribution in [2.24, 2.45) is 0 Å².